The van der Waals surface area contributed by atoms with Gasteiger partial charge in [-0.05, 0) is 25.2 Å². The van der Waals surface area contributed by atoms with Crippen molar-refractivity contribution in [2.24, 2.45) is 5.92 Å². The molecule has 0 N–H and O–H groups in total. The summed E-state index contributed by atoms with van der Waals surface area (Å²) in [6.07, 6.45) is 14.4. The molecule has 1 unspecified atom stereocenters. The van der Waals surface area contributed by atoms with Crippen molar-refractivity contribution in [2.45, 2.75) is 76.0 Å². The Labute approximate surface area is 98.0 Å². The van der Waals surface area contributed by atoms with Crippen molar-refractivity contribution in [1.29, 1.82) is 0 Å². The maximum atomic E-state index is 3.89. The molecule has 0 aromatic rings. The minimum atomic E-state index is 0.819. The smallest absolute Gasteiger partial charge is 0.0174 e. The van der Waals surface area contributed by atoms with Crippen molar-refractivity contribution in [3.63, 3.8) is 0 Å². The van der Waals surface area contributed by atoms with Crippen molar-refractivity contribution in [1.82, 2.24) is 0 Å². The van der Waals surface area contributed by atoms with Crippen LogP contribution in [-0.2, 0) is 0 Å². The Hall–Kier alpha value is 0.480. The molecule has 1 aliphatic rings. The first kappa shape index (κ1) is 12.5. The van der Waals surface area contributed by atoms with Crippen molar-refractivity contribution >= 4 is 15.9 Å². The molecule has 1 atom stereocenters. The fourth-order valence-electron chi connectivity index (χ4n) is 2.50. The topological polar surface area (TPSA) is 0 Å². The molecule has 1 saturated carbocycles. The summed E-state index contributed by atoms with van der Waals surface area (Å²) in [5, 5.41) is 0. The molecule has 0 heterocycles. The molecule has 0 radical (unpaired) electrons. The number of alkyl halides is 1. The van der Waals surface area contributed by atoms with Crippen LogP contribution in [0.25, 0.3) is 0 Å². The van der Waals surface area contributed by atoms with Gasteiger partial charge in [-0.3, -0.25) is 0 Å². The van der Waals surface area contributed by atoms with Crippen molar-refractivity contribution in [3.05, 3.63) is 0 Å². The van der Waals surface area contributed by atoms with Crippen molar-refractivity contribution < 1.29 is 0 Å². The first-order chi connectivity index (χ1) is 6.84. The van der Waals surface area contributed by atoms with Gasteiger partial charge in [0, 0.05) is 4.83 Å². The molecule has 0 aromatic carbocycles. The molecular weight excluding hydrogens is 236 g/mol. The maximum absolute atomic E-state index is 3.89. The standard InChI is InChI=1S/C13H25Br/c1-2-3-4-8-11-13(14)12-9-6-5-7-10-12/h12-13H,2-11H2,1H3. The summed E-state index contributed by atoms with van der Waals surface area (Å²) in [7, 11) is 0. The second-order valence-corrected chi connectivity index (χ2v) is 5.94. The fourth-order valence-corrected chi connectivity index (χ4v) is 3.35. The van der Waals surface area contributed by atoms with Crippen molar-refractivity contribution in [2.75, 3.05) is 0 Å². The summed E-state index contributed by atoms with van der Waals surface area (Å²) in [5.74, 6) is 0.991. The molecule has 0 aliphatic heterocycles. The quantitative estimate of drug-likeness (QED) is 0.449. The third-order valence-corrected chi connectivity index (χ3v) is 4.70. The van der Waals surface area contributed by atoms with Crippen LogP contribution in [0.3, 0.4) is 0 Å². The molecule has 1 heteroatoms. The lowest BCUT2D eigenvalue weighted by Gasteiger charge is -2.26. The van der Waals surface area contributed by atoms with Crippen molar-refractivity contribution in [3.8, 4) is 0 Å². The van der Waals surface area contributed by atoms with Crippen LogP contribution in [0.1, 0.15) is 71.1 Å². The normalized spacial score (nSPS) is 21.0. The van der Waals surface area contributed by atoms with E-state index < -0.39 is 0 Å². The minimum absolute atomic E-state index is 0.819. The molecule has 1 fully saturated rings. The van der Waals surface area contributed by atoms with Gasteiger partial charge >= 0.3 is 0 Å². The van der Waals surface area contributed by atoms with E-state index in [9.17, 15) is 0 Å². The molecule has 0 bridgehead atoms. The van der Waals surface area contributed by atoms with E-state index in [1.165, 1.54) is 64.2 Å². The van der Waals surface area contributed by atoms with Crippen LogP contribution in [0.2, 0.25) is 0 Å². The Morgan fingerprint density at radius 2 is 1.79 bits per heavy atom. The van der Waals surface area contributed by atoms with Crippen LogP contribution in [0.4, 0.5) is 0 Å². The minimum Gasteiger partial charge on any atom is -0.0888 e. The number of rotatable bonds is 6. The van der Waals surface area contributed by atoms with Gasteiger partial charge in [0.15, 0.2) is 0 Å². The Kier molecular flexibility index (Phi) is 6.93. The largest absolute Gasteiger partial charge is 0.0888 e. The van der Waals surface area contributed by atoms with Gasteiger partial charge in [0.05, 0.1) is 0 Å². The van der Waals surface area contributed by atoms with Gasteiger partial charge < -0.3 is 0 Å². The average Bonchev–Trinajstić information content (AvgIpc) is 2.25. The zero-order valence-corrected chi connectivity index (χ0v) is 11.2. The lowest BCUT2D eigenvalue weighted by Crippen LogP contribution is -2.17. The second kappa shape index (κ2) is 7.73. The first-order valence-corrected chi connectivity index (χ1v) is 7.40. The molecule has 0 aromatic heterocycles. The van der Waals surface area contributed by atoms with Crippen LogP contribution < -0.4 is 0 Å². The number of halogens is 1. The number of hydrogen-bond acceptors (Lipinski definition) is 0. The van der Waals surface area contributed by atoms with Gasteiger partial charge in [-0.2, -0.15) is 0 Å². The highest BCUT2D eigenvalue weighted by atomic mass is 79.9. The third kappa shape index (κ3) is 4.82. The summed E-state index contributed by atoms with van der Waals surface area (Å²) in [5.41, 5.74) is 0. The lowest BCUT2D eigenvalue weighted by atomic mass is 9.85. The van der Waals surface area contributed by atoms with Gasteiger partial charge in [0.1, 0.15) is 0 Å². The molecule has 1 rings (SSSR count). The maximum Gasteiger partial charge on any atom is 0.0174 e. The summed E-state index contributed by atoms with van der Waals surface area (Å²) < 4.78 is 0. The van der Waals surface area contributed by atoms with E-state index in [1.807, 2.05) is 0 Å². The van der Waals surface area contributed by atoms with Gasteiger partial charge in [-0.1, -0.05) is 67.8 Å². The summed E-state index contributed by atoms with van der Waals surface area (Å²) >= 11 is 3.89. The van der Waals surface area contributed by atoms with E-state index in [1.54, 1.807) is 0 Å². The predicted molar refractivity (Wildman–Crippen MR) is 68.0 cm³/mol. The molecule has 0 amide bonds. The molecule has 84 valence electrons. The van der Waals surface area contributed by atoms with Crippen LogP contribution in [0.5, 0.6) is 0 Å². The molecular formula is C13H25Br. The van der Waals surface area contributed by atoms with Crippen LogP contribution >= 0.6 is 15.9 Å². The molecule has 0 spiro atoms. The zero-order chi connectivity index (χ0) is 10.2. The van der Waals surface area contributed by atoms with E-state index in [2.05, 4.69) is 22.9 Å². The van der Waals surface area contributed by atoms with Crippen LogP contribution in [-0.4, -0.2) is 4.83 Å². The van der Waals surface area contributed by atoms with E-state index in [0.717, 1.165) is 10.7 Å². The summed E-state index contributed by atoms with van der Waals surface area (Å²) in [6.45, 7) is 2.28. The summed E-state index contributed by atoms with van der Waals surface area (Å²) in [6, 6.07) is 0. The Morgan fingerprint density at radius 3 is 2.43 bits per heavy atom. The van der Waals surface area contributed by atoms with E-state index in [0.29, 0.717) is 0 Å². The molecule has 0 saturated heterocycles. The van der Waals surface area contributed by atoms with Gasteiger partial charge in [-0.25, -0.2) is 0 Å². The second-order valence-electron chi connectivity index (χ2n) is 4.76. The zero-order valence-electron chi connectivity index (χ0n) is 9.60. The van der Waals surface area contributed by atoms with E-state index >= 15 is 0 Å². The molecule has 0 nitrogen and oxygen atoms in total. The molecule has 1 aliphatic carbocycles. The Balaban J connectivity index is 2.04. The Morgan fingerprint density at radius 1 is 1.07 bits per heavy atom. The highest BCUT2D eigenvalue weighted by Gasteiger charge is 2.20. The number of hydrogen-bond donors (Lipinski definition) is 0. The van der Waals surface area contributed by atoms with E-state index in [-0.39, 0.29) is 0 Å². The predicted octanol–water partition coefficient (Wildman–Crippen LogP) is 5.30. The van der Waals surface area contributed by atoms with Crippen LogP contribution in [0.15, 0.2) is 0 Å². The van der Waals surface area contributed by atoms with Gasteiger partial charge in [0.2, 0.25) is 0 Å². The summed E-state index contributed by atoms with van der Waals surface area (Å²) in [4.78, 5) is 0.819. The molecule has 14 heavy (non-hydrogen) atoms. The monoisotopic (exact) mass is 260 g/mol. The Bertz CT molecular complexity index is 127. The van der Waals surface area contributed by atoms with Gasteiger partial charge in [0.25, 0.3) is 0 Å². The van der Waals surface area contributed by atoms with E-state index in [4.69, 9.17) is 0 Å². The number of unbranched alkanes of at least 4 members (excludes halogenated alkanes) is 3. The first-order valence-electron chi connectivity index (χ1n) is 6.48. The highest BCUT2D eigenvalue weighted by Crippen LogP contribution is 2.32. The fraction of sp³-hybridized carbons (Fsp3) is 1.00. The third-order valence-electron chi connectivity index (χ3n) is 3.49. The lowest BCUT2D eigenvalue weighted by molar-refractivity contribution is 0.340. The van der Waals surface area contributed by atoms with Gasteiger partial charge in [-0.15, -0.1) is 0 Å². The highest BCUT2D eigenvalue weighted by molar-refractivity contribution is 9.09. The average molecular weight is 261 g/mol. The van der Waals surface area contributed by atoms with Crippen LogP contribution in [0, 0.1) is 5.92 Å². The SMILES string of the molecule is CCCCCCC(Br)C1CCCCC1.